The van der Waals surface area contributed by atoms with Crippen molar-refractivity contribution in [3.05, 3.63) is 58.7 Å². The second kappa shape index (κ2) is 8.58. The van der Waals surface area contributed by atoms with Crippen LogP contribution in [0.25, 0.3) is 10.9 Å². The SMILES string of the molecule is COc1cc(C(=O)N/N=C/c2cc3ccccc3nc2Cl)cc(OC)c1OC. The Kier molecular flexibility index (Phi) is 5.96. The summed E-state index contributed by atoms with van der Waals surface area (Å²) in [6, 6.07) is 12.5. The summed E-state index contributed by atoms with van der Waals surface area (Å²) in [5, 5.41) is 5.19. The highest BCUT2D eigenvalue weighted by Crippen LogP contribution is 2.38. The molecule has 8 heteroatoms. The van der Waals surface area contributed by atoms with Gasteiger partial charge in [-0.25, -0.2) is 10.4 Å². The van der Waals surface area contributed by atoms with Gasteiger partial charge in [0.25, 0.3) is 5.91 Å². The zero-order valence-electron chi connectivity index (χ0n) is 15.5. The molecule has 28 heavy (non-hydrogen) atoms. The van der Waals surface area contributed by atoms with E-state index in [1.54, 1.807) is 0 Å². The summed E-state index contributed by atoms with van der Waals surface area (Å²) in [5.41, 5.74) is 4.13. The fraction of sp³-hybridized carbons (Fsp3) is 0.150. The number of carbonyl (C=O) groups excluding carboxylic acids is 1. The Morgan fingerprint density at radius 3 is 2.39 bits per heavy atom. The van der Waals surface area contributed by atoms with E-state index in [9.17, 15) is 4.79 Å². The van der Waals surface area contributed by atoms with Gasteiger partial charge in [-0.05, 0) is 24.3 Å². The molecule has 0 spiro atoms. The number of methoxy groups -OCH3 is 3. The van der Waals surface area contributed by atoms with Crippen LogP contribution in [0.5, 0.6) is 17.2 Å². The highest BCUT2D eigenvalue weighted by atomic mass is 35.5. The maximum atomic E-state index is 12.4. The number of pyridine rings is 1. The molecule has 0 fully saturated rings. The van der Waals surface area contributed by atoms with Crippen LogP contribution >= 0.6 is 11.6 Å². The molecule has 7 nitrogen and oxygen atoms in total. The second-order valence-corrected chi connectivity index (χ2v) is 6.03. The predicted octanol–water partition coefficient (Wildman–Crippen LogP) is 3.68. The van der Waals surface area contributed by atoms with Gasteiger partial charge in [0.1, 0.15) is 5.15 Å². The summed E-state index contributed by atoms with van der Waals surface area (Å²) in [6.07, 6.45) is 1.44. The third-order valence-electron chi connectivity index (χ3n) is 4.00. The number of amides is 1. The smallest absolute Gasteiger partial charge is 0.271 e. The Labute approximate surface area is 166 Å². The van der Waals surface area contributed by atoms with Crippen molar-refractivity contribution in [1.82, 2.24) is 10.4 Å². The Bertz CT molecular complexity index is 1030. The number of carbonyl (C=O) groups is 1. The predicted molar refractivity (Wildman–Crippen MR) is 108 cm³/mol. The molecular formula is C20H18ClN3O4. The lowest BCUT2D eigenvalue weighted by Gasteiger charge is -2.13. The number of aromatic nitrogens is 1. The van der Waals surface area contributed by atoms with E-state index in [4.69, 9.17) is 25.8 Å². The van der Waals surface area contributed by atoms with Crippen LogP contribution in [-0.2, 0) is 0 Å². The van der Waals surface area contributed by atoms with Crippen molar-refractivity contribution in [3.63, 3.8) is 0 Å². The van der Waals surface area contributed by atoms with Crippen molar-refractivity contribution < 1.29 is 19.0 Å². The van der Waals surface area contributed by atoms with Gasteiger partial charge in [0.05, 0.1) is 33.1 Å². The third-order valence-corrected chi connectivity index (χ3v) is 4.30. The van der Waals surface area contributed by atoms with Crippen molar-refractivity contribution >= 4 is 34.6 Å². The highest BCUT2D eigenvalue weighted by molar-refractivity contribution is 6.32. The topological polar surface area (TPSA) is 82.0 Å². The minimum absolute atomic E-state index is 0.296. The molecule has 1 heterocycles. The molecule has 0 radical (unpaired) electrons. The van der Waals surface area contributed by atoms with E-state index in [0.29, 0.717) is 33.5 Å². The first-order chi connectivity index (χ1) is 13.6. The molecule has 3 rings (SSSR count). The largest absolute Gasteiger partial charge is 0.493 e. The summed E-state index contributed by atoms with van der Waals surface area (Å²) < 4.78 is 15.7. The molecule has 3 aromatic rings. The van der Waals surface area contributed by atoms with Crippen LogP contribution in [-0.4, -0.2) is 38.4 Å². The van der Waals surface area contributed by atoms with E-state index >= 15 is 0 Å². The quantitative estimate of drug-likeness (QED) is 0.388. The van der Waals surface area contributed by atoms with Crippen molar-refractivity contribution in [2.24, 2.45) is 5.10 Å². The second-order valence-electron chi connectivity index (χ2n) is 5.67. The Balaban J connectivity index is 1.81. The summed E-state index contributed by atoms with van der Waals surface area (Å²) in [7, 11) is 4.45. The number of nitrogens with one attached hydrogen (secondary N) is 1. The molecular weight excluding hydrogens is 382 g/mol. The van der Waals surface area contributed by atoms with E-state index in [0.717, 1.165) is 10.9 Å². The molecule has 0 aliphatic heterocycles. The first kappa shape index (κ1) is 19.4. The van der Waals surface area contributed by atoms with Crippen LogP contribution in [0.15, 0.2) is 47.6 Å². The molecule has 144 valence electrons. The summed E-state index contributed by atoms with van der Waals surface area (Å²) >= 11 is 6.19. The van der Waals surface area contributed by atoms with Crippen LogP contribution in [0.3, 0.4) is 0 Å². The number of para-hydroxylation sites is 1. The van der Waals surface area contributed by atoms with Crippen molar-refractivity contribution in [3.8, 4) is 17.2 Å². The van der Waals surface area contributed by atoms with Gasteiger partial charge in [0, 0.05) is 16.5 Å². The fourth-order valence-corrected chi connectivity index (χ4v) is 2.83. The normalized spacial score (nSPS) is 10.9. The number of fused-ring (bicyclic) bond motifs is 1. The Morgan fingerprint density at radius 1 is 1.07 bits per heavy atom. The molecule has 1 aromatic heterocycles. The lowest BCUT2D eigenvalue weighted by molar-refractivity contribution is 0.0954. The minimum atomic E-state index is -0.444. The minimum Gasteiger partial charge on any atom is -0.493 e. The van der Waals surface area contributed by atoms with Crippen LogP contribution in [0.4, 0.5) is 0 Å². The first-order valence-corrected chi connectivity index (χ1v) is 8.64. The molecule has 2 aromatic carbocycles. The zero-order valence-corrected chi connectivity index (χ0v) is 16.3. The van der Waals surface area contributed by atoms with Crippen molar-refractivity contribution in [1.29, 1.82) is 0 Å². The van der Waals surface area contributed by atoms with Gasteiger partial charge >= 0.3 is 0 Å². The van der Waals surface area contributed by atoms with Crippen molar-refractivity contribution in [2.45, 2.75) is 0 Å². The van der Waals surface area contributed by atoms with E-state index < -0.39 is 5.91 Å². The zero-order chi connectivity index (χ0) is 20.1. The van der Waals surface area contributed by atoms with Crippen LogP contribution in [0.2, 0.25) is 5.15 Å². The number of benzene rings is 2. The van der Waals surface area contributed by atoms with E-state index in [1.165, 1.54) is 39.7 Å². The first-order valence-electron chi connectivity index (χ1n) is 8.26. The van der Waals surface area contributed by atoms with Crippen LogP contribution in [0, 0.1) is 0 Å². The summed E-state index contributed by atoms with van der Waals surface area (Å²) in [6.45, 7) is 0. The number of hydrogen-bond acceptors (Lipinski definition) is 6. The van der Waals surface area contributed by atoms with E-state index in [1.807, 2.05) is 30.3 Å². The maximum absolute atomic E-state index is 12.4. The number of rotatable bonds is 6. The molecule has 0 aliphatic carbocycles. The van der Waals surface area contributed by atoms with Gasteiger partial charge in [-0.15, -0.1) is 0 Å². The molecule has 0 bridgehead atoms. The molecule has 0 saturated carbocycles. The monoisotopic (exact) mass is 399 g/mol. The average molecular weight is 400 g/mol. The fourth-order valence-electron chi connectivity index (χ4n) is 2.64. The number of nitrogens with zero attached hydrogens (tertiary/aromatic N) is 2. The number of hydrogen-bond donors (Lipinski definition) is 1. The summed E-state index contributed by atoms with van der Waals surface area (Å²) in [4.78, 5) is 16.8. The van der Waals surface area contributed by atoms with Crippen molar-refractivity contribution in [2.75, 3.05) is 21.3 Å². The lowest BCUT2D eigenvalue weighted by Crippen LogP contribution is -2.18. The van der Waals surface area contributed by atoms with Gasteiger partial charge in [0.2, 0.25) is 5.75 Å². The average Bonchev–Trinajstić information content (AvgIpc) is 2.72. The Hall–Kier alpha value is -3.32. The van der Waals surface area contributed by atoms with E-state index in [-0.39, 0.29) is 0 Å². The number of halogens is 1. The van der Waals surface area contributed by atoms with Gasteiger partial charge in [-0.2, -0.15) is 5.10 Å². The van der Waals surface area contributed by atoms with Crippen LogP contribution < -0.4 is 19.6 Å². The molecule has 0 atom stereocenters. The molecule has 0 saturated heterocycles. The Morgan fingerprint density at radius 2 is 1.75 bits per heavy atom. The lowest BCUT2D eigenvalue weighted by atomic mass is 10.1. The van der Waals surface area contributed by atoms with Gasteiger partial charge < -0.3 is 14.2 Å². The van der Waals surface area contributed by atoms with Gasteiger partial charge in [0.15, 0.2) is 11.5 Å². The third kappa shape index (κ3) is 3.99. The van der Waals surface area contributed by atoms with Gasteiger partial charge in [-0.1, -0.05) is 29.8 Å². The molecule has 0 aliphatic rings. The van der Waals surface area contributed by atoms with Gasteiger partial charge in [-0.3, -0.25) is 4.79 Å². The maximum Gasteiger partial charge on any atom is 0.271 e. The van der Waals surface area contributed by atoms with E-state index in [2.05, 4.69) is 15.5 Å². The number of hydrazone groups is 1. The molecule has 0 unspecified atom stereocenters. The molecule has 1 N–H and O–H groups in total. The molecule has 1 amide bonds. The highest BCUT2D eigenvalue weighted by Gasteiger charge is 2.16. The summed E-state index contributed by atoms with van der Waals surface area (Å²) in [5.74, 6) is 0.704. The standard InChI is InChI=1S/C20H18ClN3O4/c1-26-16-9-13(10-17(27-2)18(16)28-3)20(25)24-22-11-14-8-12-6-4-5-7-15(12)23-19(14)21/h4-11H,1-3H3,(H,24,25)/b22-11+. The van der Waals surface area contributed by atoms with Crippen LogP contribution in [0.1, 0.15) is 15.9 Å². The number of ether oxygens (including phenoxy) is 3.